The van der Waals surface area contributed by atoms with Crippen molar-refractivity contribution in [2.24, 2.45) is 5.73 Å². The minimum absolute atomic E-state index is 0.200. The van der Waals surface area contributed by atoms with Crippen LogP contribution in [0.5, 0.6) is 0 Å². The molecule has 0 radical (unpaired) electrons. The molecule has 0 aliphatic heterocycles. The molecule has 16 heavy (non-hydrogen) atoms. The summed E-state index contributed by atoms with van der Waals surface area (Å²) in [7, 11) is 0. The highest BCUT2D eigenvalue weighted by Crippen LogP contribution is 2.14. The summed E-state index contributed by atoms with van der Waals surface area (Å²) < 4.78 is 0. The van der Waals surface area contributed by atoms with E-state index in [0.29, 0.717) is 6.54 Å². The molecule has 0 saturated carbocycles. The van der Waals surface area contributed by atoms with Crippen LogP contribution in [-0.2, 0) is 0 Å². The summed E-state index contributed by atoms with van der Waals surface area (Å²) >= 11 is 0. The van der Waals surface area contributed by atoms with Crippen LogP contribution in [0, 0.1) is 0 Å². The molecule has 5 heteroatoms. The van der Waals surface area contributed by atoms with Gasteiger partial charge in [-0.3, -0.25) is 0 Å². The second-order valence-electron chi connectivity index (χ2n) is 3.67. The number of anilines is 1. The van der Waals surface area contributed by atoms with E-state index in [0.717, 1.165) is 17.2 Å². The molecule has 0 fully saturated rings. The second kappa shape index (κ2) is 4.76. The molecule has 0 aromatic carbocycles. The molecule has 1 unspecified atom stereocenters. The number of H-pyrrole nitrogens is 1. The van der Waals surface area contributed by atoms with Crippen molar-refractivity contribution in [2.75, 3.05) is 11.9 Å². The van der Waals surface area contributed by atoms with Gasteiger partial charge in [-0.25, -0.2) is 0 Å². The van der Waals surface area contributed by atoms with Crippen molar-refractivity contribution in [1.82, 2.24) is 15.2 Å². The number of rotatable bonds is 4. The van der Waals surface area contributed by atoms with Crippen molar-refractivity contribution in [3.8, 4) is 11.4 Å². The lowest BCUT2D eigenvalue weighted by Gasteiger charge is -2.10. The van der Waals surface area contributed by atoms with E-state index in [-0.39, 0.29) is 6.04 Å². The number of hydrogen-bond donors (Lipinski definition) is 3. The van der Waals surface area contributed by atoms with E-state index < -0.39 is 0 Å². The Morgan fingerprint density at radius 2 is 2.25 bits per heavy atom. The van der Waals surface area contributed by atoms with Gasteiger partial charge in [0.2, 0.25) is 0 Å². The summed E-state index contributed by atoms with van der Waals surface area (Å²) in [5.74, 6) is 0.744. The molecule has 5 nitrogen and oxygen atoms in total. The van der Waals surface area contributed by atoms with Crippen LogP contribution >= 0.6 is 0 Å². The number of hydrogen-bond acceptors (Lipinski definition) is 4. The van der Waals surface area contributed by atoms with Gasteiger partial charge in [0.1, 0.15) is 11.5 Å². The standard InChI is InChI=1S/C11H15N5/c1-8(7-12)14-11-5-4-10(15-16-11)9-3-2-6-13-9/h2-6,8,13H,7,12H2,1H3,(H,14,16). The number of nitrogens with two attached hydrogens (primary N) is 1. The number of nitrogens with one attached hydrogen (secondary N) is 2. The molecule has 0 amide bonds. The van der Waals surface area contributed by atoms with Gasteiger partial charge in [-0.15, -0.1) is 10.2 Å². The molecule has 0 aliphatic rings. The van der Waals surface area contributed by atoms with E-state index in [2.05, 4.69) is 20.5 Å². The highest BCUT2D eigenvalue weighted by atomic mass is 15.2. The SMILES string of the molecule is CC(CN)Nc1ccc(-c2ccc[nH]2)nn1. The van der Waals surface area contributed by atoms with E-state index in [1.54, 1.807) is 0 Å². The van der Waals surface area contributed by atoms with Crippen LogP contribution in [-0.4, -0.2) is 27.8 Å². The fourth-order valence-corrected chi connectivity index (χ4v) is 1.35. The molecule has 2 aromatic rings. The average Bonchev–Trinajstić information content (AvgIpc) is 2.83. The summed E-state index contributed by atoms with van der Waals surface area (Å²) in [5.41, 5.74) is 7.30. The van der Waals surface area contributed by atoms with Gasteiger partial charge in [0.05, 0.1) is 5.69 Å². The van der Waals surface area contributed by atoms with Crippen molar-refractivity contribution in [1.29, 1.82) is 0 Å². The molecule has 0 saturated heterocycles. The van der Waals surface area contributed by atoms with Crippen LogP contribution in [0.2, 0.25) is 0 Å². The zero-order valence-electron chi connectivity index (χ0n) is 9.14. The first kappa shape index (κ1) is 10.6. The van der Waals surface area contributed by atoms with Gasteiger partial charge in [-0.2, -0.15) is 0 Å². The molecular formula is C11H15N5. The Labute approximate surface area is 94.1 Å². The van der Waals surface area contributed by atoms with Crippen LogP contribution in [0.25, 0.3) is 11.4 Å². The molecule has 2 heterocycles. The lowest BCUT2D eigenvalue weighted by atomic mass is 10.3. The highest BCUT2D eigenvalue weighted by molar-refractivity contribution is 5.54. The van der Waals surface area contributed by atoms with Crippen molar-refractivity contribution >= 4 is 5.82 Å². The molecule has 0 aliphatic carbocycles. The van der Waals surface area contributed by atoms with Gasteiger partial charge >= 0.3 is 0 Å². The van der Waals surface area contributed by atoms with E-state index in [9.17, 15) is 0 Å². The van der Waals surface area contributed by atoms with Gasteiger partial charge in [0.15, 0.2) is 0 Å². The summed E-state index contributed by atoms with van der Waals surface area (Å²) in [6.45, 7) is 2.57. The van der Waals surface area contributed by atoms with Gasteiger partial charge in [0, 0.05) is 18.8 Å². The maximum absolute atomic E-state index is 5.51. The Hall–Kier alpha value is -1.88. The third-order valence-electron chi connectivity index (χ3n) is 2.29. The van der Waals surface area contributed by atoms with E-state index in [1.807, 2.05) is 37.4 Å². The van der Waals surface area contributed by atoms with Gasteiger partial charge < -0.3 is 16.0 Å². The summed E-state index contributed by atoms with van der Waals surface area (Å²) in [6, 6.07) is 7.91. The maximum atomic E-state index is 5.51. The minimum Gasteiger partial charge on any atom is -0.365 e. The molecule has 1 atom stereocenters. The summed E-state index contributed by atoms with van der Waals surface area (Å²) in [4.78, 5) is 3.08. The minimum atomic E-state index is 0.200. The highest BCUT2D eigenvalue weighted by Gasteiger charge is 2.03. The first-order valence-corrected chi connectivity index (χ1v) is 5.23. The fraction of sp³-hybridized carbons (Fsp3) is 0.273. The Morgan fingerprint density at radius 1 is 1.38 bits per heavy atom. The molecule has 4 N–H and O–H groups in total. The van der Waals surface area contributed by atoms with Gasteiger partial charge in [0.25, 0.3) is 0 Å². The van der Waals surface area contributed by atoms with Crippen molar-refractivity contribution < 1.29 is 0 Å². The van der Waals surface area contributed by atoms with Crippen molar-refractivity contribution in [2.45, 2.75) is 13.0 Å². The van der Waals surface area contributed by atoms with Crippen LogP contribution in [0.4, 0.5) is 5.82 Å². The van der Waals surface area contributed by atoms with E-state index in [1.165, 1.54) is 0 Å². The predicted molar refractivity (Wildman–Crippen MR) is 64.0 cm³/mol. The Balaban J connectivity index is 2.11. The summed E-state index contributed by atoms with van der Waals surface area (Å²) in [6.07, 6.45) is 1.86. The van der Waals surface area contributed by atoms with Crippen LogP contribution in [0.3, 0.4) is 0 Å². The maximum Gasteiger partial charge on any atom is 0.148 e. The van der Waals surface area contributed by atoms with Crippen LogP contribution in [0.1, 0.15) is 6.92 Å². The smallest absolute Gasteiger partial charge is 0.148 e. The zero-order chi connectivity index (χ0) is 11.4. The third kappa shape index (κ3) is 2.38. The van der Waals surface area contributed by atoms with E-state index >= 15 is 0 Å². The predicted octanol–water partition coefficient (Wildman–Crippen LogP) is 1.23. The number of aromatic nitrogens is 3. The molecule has 0 bridgehead atoms. The largest absolute Gasteiger partial charge is 0.365 e. The Kier molecular flexibility index (Phi) is 3.16. The first-order chi connectivity index (χ1) is 7.79. The van der Waals surface area contributed by atoms with E-state index in [4.69, 9.17) is 5.73 Å². The lowest BCUT2D eigenvalue weighted by molar-refractivity contribution is 0.792. The lowest BCUT2D eigenvalue weighted by Crippen LogP contribution is -2.25. The third-order valence-corrected chi connectivity index (χ3v) is 2.29. The number of aromatic amines is 1. The normalized spacial score (nSPS) is 12.4. The van der Waals surface area contributed by atoms with Gasteiger partial charge in [-0.05, 0) is 31.2 Å². The molecule has 2 rings (SSSR count). The number of nitrogens with zero attached hydrogens (tertiary/aromatic N) is 2. The van der Waals surface area contributed by atoms with Gasteiger partial charge in [-0.1, -0.05) is 0 Å². The van der Waals surface area contributed by atoms with Crippen LogP contribution < -0.4 is 11.1 Å². The quantitative estimate of drug-likeness (QED) is 0.719. The second-order valence-corrected chi connectivity index (χ2v) is 3.67. The molecule has 0 spiro atoms. The molecule has 84 valence electrons. The van der Waals surface area contributed by atoms with Crippen molar-refractivity contribution in [3.63, 3.8) is 0 Å². The monoisotopic (exact) mass is 217 g/mol. The summed E-state index contributed by atoms with van der Waals surface area (Å²) in [5, 5.41) is 11.4. The Bertz CT molecular complexity index is 420. The molecule has 2 aromatic heterocycles. The Morgan fingerprint density at radius 3 is 2.81 bits per heavy atom. The zero-order valence-corrected chi connectivity index (χ0v) is 9.14. The topological polar surface area (TPSA) is 79.6 Å². The van der Waals surface area contributed by atoms with Crippen LogP contribution in [0.15, 0.2) is 30.5 Å². The average molecular weight is 217 g/mol. The fourth-order valence-electron chi connectivity index (χ4n) is 1.35. The van der Waals surface area contributed by atoms with Crippen molar-refractivity contribution in [3.05, 3.63) is 30.5 Å². The molecular weight excluding hydrogens is 202 g/mol. The first-order valence-electron chi connectivity index (χ1n) is 5.23.